The molecule has 0 bridgehead atoms. The Bertz CT molecular complexity index is 1040. The Labute approximate surface area is 206 Å². The van der Waals surface area contributed by atoms with Crippen molar-refractivity contribution in [2.45, 2.75) is 97.3 Å². The Morgan fingerprint density at radius 1 is 0.941 bits per heavy atom. The van der Waals surface area contributed by atoms with E-state index in [0.29, 0.717) is 10.8 Å². The molecule has 0 aliphatic heterocycles. The predicted molar refractivity (Wildman–Crippen MR) is 139 cm³/mol. The Morgan fingerprint density at radius 2 is 1.82 bits per heavy atom. The molecule has 3 nitrogen and oxygen atoms in total. The number of fused-ring (bicyclic) bond motifs is 6. The molecule has 4 saturated carbocycles. The third-order valence-electron chi connectivity index (χ3n) is 11.6. The van der Waals surface area contributed by atoms with E-state index in [9.17, 15) is 0 Å². The normalized spacial score (nSPS) is 39.3. The Balaban J connectivity index is 1.10. The van der Waals surface area contributed by atoms with Gasteiger partial charge in [0.05, 0.1) is 12.6 Å². The van der Waals surface area contributed by atoms with E-state index in [-0.39, 0.29) is 0 Å². The molecular formula is C31H44N2O. The lowest BCUT2D eigenvalue weighted by molar-refractivity contribution is -0.111. The summed E-state index contributed by atoms with van der Waals surface area (Å²) in [6.07, 6.45) is 20.6. The van der Waals surface area contributed by atoms with Crippen LogP contribution in [-0.2, 0) is 6.42 Å². The van der Waals surface area contributed by atoms with Crippen LogP contribution in [0, 0.1) is 40.4 Å². The first-order chi connectivity index (χ1) is 16.5. The Kier molecular flexibility index (Phi) is 5.89. The summed E-state index contributed by atoms with van der Waals surface area (Å²) in [4.78, 5) is 9.53. The number of hydrogen-bond donors (Lipinski definition) is 0. The number of nitrogens with zero attached hydrogens (tertiary/aromatic N) is 2. The minimum atomic E-state index is 0.583. The van der Waals surface area contributed by atoms with Crippen LogP contribution in [0.25, 0.3) is 10.9 Å². The highest BCUT2D eigenvalue weighted by molar-refractivity contribution is 5.79. The van der Waals surface area contributed by atoms with Gasteiger partial charge in [0.1, 0.15) is 11.6 Å². The molecule has 3 heteroatoms. The molecule has 0 radical (unpaired) electrons. The van der Waals surface area contributed by atoms with Crippen LogP contribution in [0.1, 0.15) is 96.7 Å². The van der Waals surface area contributed by atoms with Crippen molar-refractivity contribution < 1.29 is 4.74 Å². The van der Waals surface area contributed by atoms with Crippen molar-refractivity contribution in [2.75, 3.05) is 7.11 Å². The molecule has 0 spiro atoms. The van der Waals surface area contributed by atoms with Crippen LogP contribution in [-0.4, -0.2) is 17.1 Å². The second-order valence-corrected chi connectivity index (χ2v) is 12.8. The zero-order valence-electron chi connectivity index (χ0n) is 21.7. The maximum absolute atomic E-state index is 5.34. The number of ether oxygens (including phenoxy) is 1. The van der Waals surface area contributed by atoms with Gasteiger partial charge in [-0.05, 0) is 123 Å². The van der Waals surface area contributed by atoms with Gasteiger partial charge in [0, 0.05) is 18.0 Å². The summed E-state index contributed by atoms with van der Waals surface area (Å²) in [5.74, 6) is 6.84. The van der Waals surface area contributed by atoms with E-state index in [0.717, 1.165) is 58.5 Å². The average Bonchev–Trinajstić information content (AvgIpc) is 3.19. The molecule has 0 amide bonds. The molecule has 184 valence electrons. The monoisotopic (exact) mass is 460 g/mol. The molecular weight excluding hydrogens is 416 g/mol. The van der Waals surface area contributed by atoms with Gasteiger partial charge in [0.15, 0.2) is 0 Å². The first kappa shape index (κ1) is 22.8. The van der Waals surface area contributed by atoms with E-state index < -0.39 is 0 Å². The molecule has 4 aliphatic carbocycles. The van der Waals surface area contributed by atoms with Crippen LogP contribution >= 0.6 is 0 Å². The molecule has 2 aromatic rings. The summed E-state index contributed by atoms with van der Waals surface area (Å²) < 4.78 is 5.34. The maximum Gasteiger partial charge on any atom is 0.128 e. The highest BCUT2D eigenvalue weighted by Crippen LogP contribution is 2.67. The van der Waals surface area contributed by atoms with E-state index >= 15 is 0 Å². The molecule has 0 saturated heterocycles. The number of rotatable bonds is 5. The van der Waals surface area contributed by atoms with Crippen LogP contribution in [0.2, 0.25) is 0 Å². The van der Waals surface area contributed by atoms with Crippen LogP contribution in [0.15, 0.2) is 24.4 Å². The predicted octanol–water partition coefficient (Wildman–Crippen LogP) is 8.01. The largest absolute Gasteiger partial charge is 0.497 e. The van der Waals surface area contributed by atoms with Gasteiger partial charge in [0.25, 0.3) is 0 Å². The Hall–Kier alpha value is -1.64. The molecule has 1 heterocycles. The third-order valence-corrected chi connectivity index (χ3v) is 11.6. The lowest BCUT2D eigenvalue weighted by Gasteiger charge is -2.60. The minimum Gasteiger partial charge on any atom is -0.497 e. The van der Waals surface area contributed by atoms with Crippen LogP contribution in [0.3, 0.4) is 0 Å². The van der Waals surface area contributed by atoms with Crippen molar-refractivity contribution >= 4 is 10.9 Å². The quantitative estimate of drug-likeness (QED) is 0.453. The van der Waals surface area contributed by atoms with Crippen LogP contribution in [0.5, 0.6) is 5.75 Å². The van der Waals surface area contributed by atoms with Crippen molar-refractivity contribution in [1.82, 2.24) is 9.97 Å². The number of aryl methyl sites for hydroxylation is 1. The van der Waals surface area contributed by atoms with Gasteiger partial charge in [-0.15, -0.1) is 0 Å². The van der Waals surface area contributed by atoms with Gasteiger partial charge in [-0.2, -0.15) is 0 Å². The van der Waals surface area contributed by atoms with Crippen molar-refractivity contribution in [2.24, 2.45) is 40.4 Å². The van der Waals surface area contributed by atoms with Gasteiger partial charge < -0.3 is 4.74 Å². The smallest absolute Gasteiger partial charge is 0.128 e. The van der Waals surface area contributed by atoms with E-state index in [4.69, 9.17) is 9.72 Å². The zero-order chi connectivity index (χ0) is 23.3. The first-order valence-corrected chi connectivity index (χ1v) is 14.3. The summed E-state index contributed by atoms with van der Waals surface area (Å²) in [5.41, 5.74) is 2.28. The standard InChI is InChI=1S/C31H44N2O/c1-30-17-5-4-7-22(30)10-13-25-26-14-11-23(31(26,2)18-16-27(25)30)8-6-9-29-32-20-21-19-24(34-3)12-15-28(21)33-29/h12,15,19-20,22-23,25-27H,4-11,13-14,16-18H2,1-3H3. The van der Waals surface area contributed by atoms with Crippen LogP contribution < -0.4 is 4.74 Å². The fourth-order valence-electron chi connectivity index (χ4n) is 9.68. The molecule has 34 heavy (non-hydrogen) atoms. The van der Waals surface area contributed by atoms with E-state index in [1.54, 1.807) is 7.11 Å². The molecule has 1 aromatic carbocycles. The van der Waals surface area contributed by atoms with Gasteiger partial charge in [-0.1, -0.05) is 26.7 Å². The topological polar surface area (TPSA) is 35.0 Å². The minimum absolute atomic E-state index is 0.583. The summed E-state index contributed by atoms with van der Waals surface area (Å²) in [6.45, 7) is 5.41. The lowest BCUT2D eigenvalue weighted by atomic mass is 9.45. The average molecular weight is 461 g/mol. The van der Waals surface area contributed by atoms with Gasteiger partial charge in [-0.3, -0.25) is 0 Å². The fourth-order valence-corrected chi connectivity index (χ4v) is 9.68. The van der Waals surface area contributed by atoms with E-state index in [2.05, 4.69) is 24.9 Å². The van der Waals surface area contributed by atoms with Gasteiger partial charge in [0.2, 0.25) is 0 Å². The Morgan fingerprint density at radius 3 is 2.71 bits per heavy atom. The second-order valence-electron chi connectivity index (χ2n) is 12.8. The van der Waals surface area contributed by atoms with Crippen molar-refractivity contribution in [1.29, 1.82) is 0 Å². The summed E-state index contributed by atoms with van der Waals surface area (Å²) in [6, 6.07) is 6.08. The molecule has 0 N–H and O–H groups in total. The van der Waals surface area contributed by atoms with Crippen molar-refractivity contribution in [3.8, 4) is 5.75 Å². The zero-order valence-corrected chi connectivity index (χ0v) is 21.7. The third kappa shape index (κ3) is 3.68. The number of methoxy groups -OCH3 is 1. The highest BCUT2D eigenvalue weighted by Gasteiger charge is 2.59. The van der Waals surface area contributed by atoms with Crippen LogP contribution in [0.4, 0.5) is 0 Å². The first-order valence-electron chi connectivity index (χ1n) is 14.3. The van der Waals surface area contributed by atoms with Gasteiger partial charge in [-0.25, -0.2) is 9.97 Å². The van der Waals surface area contributed by atoms with E-state index in [1.165, 1.54) is 77.0 Å². The van der Waals surface area contributed by atoms with Crippen molar-refractivity contribution in [3.05, 3.63) is 30.2 Å². The highest BCUT2D eigenvalue weighted by atomic mass is 16.5. The second kappa shape index (κ2) is 8.79. The lowest BCUT2D eigenvalue weighted by Crippen LogP contribution is -2.52. The molecule has 1 aromatic heterocycles. The molecule has 7 atom stereocenters. The molecule has 7 unspecified atom stereocenters. The molecule has 4 fully saturated rings. The molecule has 6 rings (SSSR count). The van der Waals surface area contributed by atoms with E-state index in [1.807, 2.05) is 18.3 Å². The number of benzene rings is 1. The number of hydrogen-bond acceptors (Lipinski definition) is 3. The molecule has 4 aliphatic rings. The summed E-state index contributed by atoms with van der Waals surface area (Å²) in [5, 5.41) is 1.06. The van der Waals surface area contributed by atoms with Crippen molar-refractivity contribution in [3.63, 3.8) is 0 Å². The number of aromatic nitrogens is 2. The SMILES string of the molecule is COc1ccc2nc(CCCC3CCC4C5CCC6CCCCC6(C)C5CCC34C)ncc2c1. The summed E-state index contributed by atoms with van der Waals surface area (Å²) >= 11 is 0. The maximum atomic E-state index is 5.34. The fraction of sp³-hybridized carbons (Fsp3) is 0.742. The summed E-state index contributed by atoms with van der Waals surface area (Å²) in [7, 11) is 1.71. The van der Waals surface area contributed by atoms with Gasteiger partial charge >= 0.3 is 0 Å².